The molecule has 0 fully saturated rings. The smallest absolute Gasteiger partial charge is 0.352 e. The molecule has 30 heavy (non-hydrogen) atoms. The van der Waals surface area contributed by atoms with Gasteiger partial charge >= 0.3 is 6.18 Å². The largest absolute Gasteiger partial charge is 0.416 e. The van der Waals surface area contributed by atoms with Crippen LogP contribution in [0.3, 0.4) is 0 Å². The third-order valence-electron chi connectivity index (χ3n) is 4.10. The topological polar surface area (TPSA) is 39.7 Å². The van der Waals surface area contributed by atoms with Crippen LogP contribution >= 0.6 is 24.0 Å². The maximum atomic E-state index is 13.9. The number of aliphatic imine (C=N–C) groups is 1. The molecule has 0 radical (unpaired) electrons. The van der Waals surface area contributed by atoms with Crippen LogP contribution in [-0.4, -0.2) is 32.0 Å². The molecule has 0 unspecified atom stereocenters. The Balaban J connectivity index is 0.00000450. The predicted octanol–water partition coefficient (Wildman–Crippen LogP) is 4.53. The fourth-order valence-electron chi connectivity index (χ4n) is 2.75. The second-order valence-electron chi connectivity index (χ2n) is 6.74. The lowest BCUT2D eigenvalue weighted by molar-refractivity contribution is -0.138. The number of hydrogen-bond acceptors (Lipinski definition) is 2. The second-order valence-corrected chi connectivity index (χ2v) is 6.74. The Morgan fingerprint density at radius 2 is 1.63 bits per heavy atom. The summed E-state index contributed by atoms with van der Waals surface area (Å²) in [6.45, 7) is 0.553. The van der Waals surface area contributed by atoms with Crippen molar-refractivity contribution in [2.24, 2.45) is 4.99 Å². The number of rotatable bonds is 6. The summed E-state index contributed by atoms with van der Waals surface area (Å²) in [6.07, 6.45) is -4.66. The number of benzene rings is 2. The minimum atomic E-state index is -4.66. The molecule has 2 aromatic carbocycles. The van der Waals surface area contributed by atoms with Gasteiger partial charge in [-0.25, -0.2) is 8.78 Å². The van der Waals surface area contributed by atoms with Gasteiger partial charge in [0.2, 0.25) is 0 Å². The summed E-state index contributed by atoms with van der Waals surface area (Å²) in [5.74, 6) is -0.990. The van der Waals surface area contributed by atoms with Crippen LogP contribution in [0.25, 0.3) is 0 Å². The molecule has 0 aliphatic rings. The quantitative estimate of drug-likeness (QED) is 0.244. The third-order valence-corrected chi connectivity index (χ3v) is 4.10. The highest BCUT2D eigenvalue weighted by molar-refractivity contribution is 14.0. The Kier molecular flexibility index (Phi) is 9.95. The number of halogens is 6. The summed E-state index contributed by atoms with van der Waals surface area (Å²) in [4.78, 5) is 5.82. The molecule has 0 saturated heterocycles. The zero-order valence-corrected chi connectivity index (χ0v) is 19.1. The molecule has 0 bridgehead atoms. The van der Waals surface area contributed by atoms with Crippen LogP contribution in [0.4, 0.5) is 22.0 Å². The highest BCUT2D eigenvalue weighted by atomic mass is 127. The van der Waals surface area contributed by atoms with E-state index in [1.165, 1.54) is 13.1 Å². The van der Waals surface area contributed by atoms with Gasteiger partial charge in [-0.2, -0.15) is 13.2 Å². The van der Waals surface area contributed by atoms with E-state index < -0.39 is 17.6 Å². The molecular weight excluding hydrogens is 518 g/mol. The van der Waals surface area contributed by atoms with Crippen LogP contribution in [0.15, 0.2) is 41.4 Å². The standard InChI is InChI=1S/C20H23F5N4.HI/c1-26-19(27-10-13-4-7-18(22)15(8-13)12-29(2)3)28-11-14-5-6-16(21)9-17(14)20(23,24)25;/h4-9H,10-12H2,1-3H3,(H2,26,27,28);1H. The molecule has 2 rings (SSSR count). The minimum absolute atomic E-state index is 0. The SMILES string of the molecule is CN=C(NCc1ccc(F)c(CN(C)C)c1)NCc1ccc(F)cc1C(F)(F)F.I. The van der Waals surface area contributed by atoms with Crippen LogP contribution in [-0.2, 0) is 25.8 Å². The van der Waals surface area contributed by atoms with Crippen molar-refractivity contribution in [2.75, 3.05) is 21.1 Å². The lowest BCUT2D eigenvalue weighted by Crippen LogP contribution is -2.36. The number of guanidine groups is 1. The van der Waals surface area contributed by atoms with Crippen LogP contribution in [0, 0.1) is 11.6 Å². The number of alkyl halides is 3. The van der Waals surface area contributed by atoms with Crippen molar-refractivity contribution >= 4 is 29.9 Å². The van der Waals surface area contributed by atoms with Gasteiger partial charge in [-0.15, -0.1) is 24.0 Å². The van der Waals surface area contributed by atoms with Crippen molar-refractivity contribution in [3.63, 3.8) is 0 Å². The first-order valence-electron chi connectivity index (χ1n) is 8.82. The van der Waals surface area contributed by atoms with Gasteiger partial charge in [0, 0.05) is 32.2 Å². The molecule has 2 aromatic rings. The van der Waals surface area contributed by atoms with Crippen molar-refractivity contribution in [3.05, 3.63) is 70.3 Å². The lowest BCUT2D eigenvalue weighted by atomic mass is 10.1. The maximum Gasteiger partial charge on any atom is 0.416 e. The van der Waals surface area contributed by atoms with E-state index >= 15 is 0 Å². The van der Waals surface area contributed by atoms with E-state index in [2.05, 4.69) is 15.6 Å². The van der Waals surface area contributed by atoms with Crippen molar-refractivity contribution in [2.45, 2.75) is 25.8 Å². The van der Waals surface area contributed by atoms with Gasteiger partial charge in [0.25, 0.3) is 0 Å². The molecule has 0 spiro atoms. The summed E-state index contributed by atoms with van der Waals surface area (Å²) >= 11 is 0. The van der Waals surface area contributed by atoms with Gasteiger partial charge in [-0.1, -0.05) is 12.1 Å². The zero-order valence-electron chi connectivity index (χ0n) is 16.8. The molecule has 0 amide bonds. The summed E-state index contributed by atoms with van der Waals surface area (Å²) in [6, 6.07) is 7.26. The minimum Gasteiger partial charge on any atom is -0.352 e. The van der Waals surface area contributed by atoms with E-state index in [4.69, 9.17) is 0 Å². The van der Waals surface area contributed by atoms with E-state index in [9.17, 15) is 22.0 Å². The van der Waals surface area contributed by atoms with Crippen LogP contribution in [0.2, 0.25) is 0 Å². The Bertz CT molecular complexity index is 869. The normalized spacial score (nSPS) is 12.0. The van der Waals surface area contributed by atoms with Crippen LogP contribution in [0.1, 0.15) is 22.3 Å². The summed E-state index contributed by atoms with van der Waals surface area (Å²) in [5.41, 5.74) is 0.201. The Labute approximate surface area is 189 Å². The first-order chi connectivity index (χ1) is 13.6. The van der Waals surface area contributed by atoms with E-state index in [-0.39, 0.29) is 47.9 Å². The van der Waals surface area contributed by atoms with Crippen LogP contribution in [0.5, 0.6) is 0 Å². The molecule has 2 N–H and O–H groups in total. The first kappa shape index (κ1) is 26.1. The first-order valence-corrected chi connectivity index (χ1v) is 8.82. The van der Waals surface area contributed by atoms with Gasteiger partial charge in [0.1, 0.15) is 11.6 Å². The van der Waals surface area contributed by atoms with E-state index in [0.29, 0.717) is 24.7 Å². The van der Waals surface area contributed by atoms with Crippen LogP contribution < -0.4 is 10.6 Å². The molecule has 0 aliphatic heterocycles. The monoisotopic (exact) mass is 542 g/mol. The molecule has 166 valence electrons. The Morgan fingerprint density at radius 3 is 2.23 bits per heavy atom. The molecule has 0 heterocycles. The van der Waals surface area contributed by atoms with Crippen molar-refractivity contribution < 1.29 is 22.0 Å². The zero-order chi connectivity index (χ0) is 21.6. The summed E-state index contributed by atoms with van der Waals surface area (Å²) in [5, 5.41) is 5.75. The van der Waals surface area contributed by atoms with E-state index in [1.807, 2.05) is 19.0 Å². The molecule has 0 aromatic heterocycles. The summed E-state index contributed by atoms with van der Waals surface area (Å²) < 4.78 is 66.3. The van der Waals surface area contributed by atoms with Gasteiger partial charge in [0.05, 0.1) is 5.56 Å². The Morgan fingerprint density at radius 1 is 0.967 bits per heavy atom. The van der Waals surface area contributed by atoms with Gasteiger partial charge in [0.15, 0.2) is 5.96 Å². The van der Waals surface area contributed by atoms with Gasteiger partial charge in [-0.05, 0) is 49.5 Å². The molecule has 10 heteroatoms. The lowest BCUT2D eigenvalue weighted by Gasteiger charge is -2.16. The second kappa shape index (κ2) is 11.4. The van der Waals surface area contributed by atoms with E-state index in [1.54, 1.807) is 12.1 Å². The fourth-order valence-corrected chi connectivity index (χ4v) is 2.75. The fraction of sp³-hybridized carbons (Fsp3) is 0.350. The number of hydrogen-bond donors (Lipinski definition) is 2. The maximum absolute atomic E-state index is 13.9. The van der Waals surface area contributed by atoms with Gasteiger partial charge in [-0.3, -0.25) is 4.99 Å². The number of nitrogens with one attached hydrogen (secondary N) is 2. The molecule has 0 aliphatic carbocycles. The third kappa shape index (κ3) is 7.71. The average molecular weight is 542 g/mol. The highest BCUT2D eigenvalue weighted by Gasteiger charge is 2.33. The number of nitrogens with zero attached hydrogens (tertiary/aromatic N) is 2. The Hall–Kier alpha value is -1.95. The van der Waals surface area contributed by atoms with Crippen molar-refractivity contribution in [3.8, 4) is 0 Å². The van der Waals surface area contributed by atoms with E-state index in [0.717, 1.165) is 17.7 Å². The van der Waals surface area contributed by atoms with Crippen molar-refractivity contribution in [1.29, 1.82) is 0 Å². The molecule has 0 atom stereocenters. The molecule has 0 saturated carbocycles. The van der Waals surface area contributed by atoms with Crippen molar-refractivity contribution in [1.82, 2.24) is 15.5 Å². The van der Waals surface area contributed by atoms with Gasteiger partial charge < -0.3 is 15.5 Å². The molecular formula is C20H24F5IN4. The summed E-state index contributed by atoms with van der Waals surface area (Å²) in [7, 11) is 5.15. The molecule has 4 nitrogen and oxygen atoms in total. The predicted molar refractivity (Wildman–Crippen MR) is 118 cm³/mol. The highest BCUT2D eigenvalue weighted by Crippen LogP contribution is 2.32. The average Bonchev–Trinajstić information content (AvgIpc) is 2.64.